The first-order valence-electron chi connectivity index (χ1n) is 4.18. The molecule has 1 aliphatic carbocycles. The third-order valence-electron chi connectivity index (χ3n) is 2.02. The Morgan fingerprint density at radius 2 is 2.07 bits per heavy atom. The lowest BCUT2D eigenvalue weighted by molar-refractivity contribution is -0.133. The van der Waals surface area contributed by atoms with Crippen LogP contribution in [0.2, 0.25) is 0 Å². The van der Waals surface area contributed by atoms with Gasteiger partial charge in [0.1, 0.15) is 6.54 Å². The molecule has 2 nitrogen and oxygen atoms in total. The van der Waals surface area contributed by atoms with Crippen LogP contribution in [0.1, 0.15) is 19.3 Å². The first-order chi connectivity index (χ1) is 6.39. The summed E-state index contributed by atoms with van der Waals surface area (Å²) in [4.78, 5) is 10.8. The van der Waals surface area contributed by atoms with Gasteiger partial charge in [-0.05, 0) is 5.92 Å². The fourth-order valence-electron chi connectivity index (χ4n) is 1.41. The first kappa shape index (κ1) is 11.3. The van der Waals surface area contributed by atoms with E-state index in [4.69, 9.17) is 0 Å². The summed E-state index contributed by atoms with van der Waals surface area (Å²) < 4.78 is 47.7. The van der Waals surface area contributed by atoms with Crippen molar-refractivity contribution >= 4 is 5.91 Å². The second-order valence-electron chi connectivity index (χ2n) is 3.40. The van der Waals surface area contributed by atoms with Gasteiger partial charge in [0.25, 0.3) is 6.43 Å². The van der Waals surface area contributed by atoms with Gasteiger partial charge in [-0.25, -0.2) is 17.6 Å². The molecule has 1 rings (SSSR count). The van der Waals surface area contributed by atoms with Crippen LogP contribution in [0.25, 0.3) is 0 Å². The van der Waals surface area contributed by atoms with Crippen LogP contribution in [0, 0.1) is 12.5 Å². The summed E-state index contributed by atoms with van der Waals surface area (Å²) in [6.45, 7) is 0.346. The topological polar surface area (TPSA) is 29.1 Å². The van der Waals surface area contributed by atoms with Crippen LogP contribution < -0.4 is 5.32 Å². The molecule has 0 aromatic heterocycles. The van der Waals surface area contributed by atoms with Crippen LogP contribution in [0.5, 0.6) is 0 Å². The van der Waals surface area contributed by atoms with Crippen molar-refractivity contribution in [3.63, 3.8) is 0 Å². The van der Waals surface area contributed by atoms with E-state index in [1.54, 1.807) is 0 Å². The molecule has 0 atom stereocenters. The lowest BCUT2D eigenvalue weighted by Crippen LogP contribution is -2.38. The van der Waals surface area contributed by atoms with Crippen molar-refractivity contribution in [2.75, 3.05) is 0 Å². The molecule has 0 heterocycles. The van der Waals surface area contributed by atoms with Gasteiger partial charge in [-0.15, -0.1) is 0 Å². The highest BCUT2D eigenvalue weighted by molar-refractivity contribution is 5.76. The Balaban J connectivity index is 2.11. The lowest BCUT2D eigenvalue weighted by atomic mass is 9.79. The van der Waals surface area contributed by atoms with Gasteiger partial charge in [0.05, 0.1) is 0 Å². The van der Waals surface area contributed by atoms with Crippen molar-refractivity contribution in [2.45, 2.75) is 31.6 Å². The highest BCUT2D eigenvalue weighted by Gasteiger charge is 2.45. The van der Waals surface area contributed by atoms with E-state index in [2.05, 4.69) is 0 Å². The summed E-state index contributed by atoms with van der Waals surface area (Å²) in [5, 5.41) is 1.85. The largest absolute Gasteiger partial charge is 0.345 e. The predicted octanol–water partition coefficient (Wildman–Crippen LogP) is 1.96. The predicted molar refractivity (Wildman–Crippen MR) is 40.7 cm³/mol. The summed E-state index contributed by atoms with van der Waals surface area (Å²) in [7, 11) is 0. The summed E-state index contributed by atoms with van der Waals surface area (Å²) in [6.07, 6.45) is -3.48. The number of halogens is 4. The Morgan fingerprint density at radius 3 is 2.50 bits per heavy atom. The molecular weight excluding hydrogens is 202 g/mol. The van der Waals surface area contributed by atoms with E-state index in [0.717, 1.165) is 0 Å². The number of carbonyl (C=O) groups excluding carboxylic acids is 1. The van der Waals surface area contributed by atoms with Gasteiger partial charge in [0.2, 0.25) is 11.8 Å². The van der Waals surface area contributed by atoms with E-state index in [1.807, 2.05) is 5.32 Å². The van der Waals surface area contributed by atoms with Crippen LogP contribution in [-0.2, 0) is 4.79 Å². The molecule has 1 radical (unpaired) electrons. The zero-order chi connectivity index (χ0) is 10.8. The summed E-state index contributed by atoms with van der Waals surface area (Å²) in [5.74, 6) is -3.68. The van der Waals surface area contributed by atoms with Crippen molar-refractivity contribution in [1.82, 2.24) is 5.32 Å². The van der Waals surface area contributed by atoms with E-state index < -0.39 is 18.3 Å². The standard InChI is InChI=1S/C8H10F4NO/c9-6(10)4-13-7(14)1-5-2-8(11,12)3-5/h4-6H,1-3H2,(H,13,14). The van der Waals surface area contributed by atoms with Gasteiger partial charge < -0.3 is 5.32 Å². The zero-order valence-electron chi connectivity index (χ0n) is 7.27. The fraction of sp³-hybridized carbons (Fsp3) is 0.750. The third-order valence-corrected chi connectivity index (χ3v) is 2.02. The smallest absolute Gasteiger partial charge is 0.260 e. The van der Waals surface area contributed by atoms with Gasteiger partial charge in [-0.3, -0.25) is 4.79 Å². The monoisotopic (exact) mass is 212 g/mol. The number of amides is 1. The van der Waals surface area contributed by atoms with E-state index in [9.17, 15) is 22.4 Å². The van der Waals surface area contributed by atoms with Crippen molar-refractivity contribution < 1.29 is 22.4 Å². The highest BCUT2D eigenvalue weighted by Crippen LogP contribution is 2.43. The molecule has 14 heavy (non-hydrogen) atoms. The maximum atomic E-state index is 12.3. The lowest BCUT2D eigenvalue weighted by Gasteiger charge is -2.34. The van der Waals surface area contributed by atoms with E-state index in [1.165, 1.54) is 0 Å². The van der Waals surface area contributed by atoms with Gasteiger partial charge in [0.15, 0.2) is 0 Å². The molecule has 1 fully saturated rings. The number of hydrogen-bond donors (Lipinski definition) is 1. The molecule has 6 heteroatoms. The normalized spacial score (nSPS) is 20.6. The molecule has 1 saturated carbocycles. The third kappa shape index (κ3) is 3.51. The Morgan fingerprint density at radius 1 is 1.50 bits per heavy atom. The molecule has 1 amide bonds. The minimum atomic E-state index is -2.72. The van der Waals surface area contributed by atoms with Gasteiger partial charge in [0, 0.05) is 19.3 Å². The van der Waals surface area contributed by atoms with Crippen molar-refractivity contribution in [1.29, 1.82) is 0 Å². The van der Waals surface area contributed by atoms with Crippen LogP contribution >= 0.6 is 0 Å². The second-order valence-corrected chi connectivity index (χ2v) is 3.40. The van der Waals surface area contributed by atoms with Gasteiger partial charge >= 0.3 is 0 Å². The maximum absolute atomic E-state index is 12.3. The first-order valence-corrected chi connectivity index (χ1v) is 4.18. The minimum absolute atomic E-state index is 0.112. The number of rotatable bonds is 4. The van der Waals surface area contributed by atoms with Crippen molar-refractivity contribution in [3.8, 4) is 0 Å². The number of carbonyl (C=O) groups is 1. The summed E-state index contributed by atoms with van der Waals surface area (Å²) in [6, 6.07) is 0. The molecule has 1 aliphatic rings. The Bertz CT molecular complexity index is 211. The molecule has 0 bridgehead atoms. The molecule has 81 valence electrons. The molecule has 0 aromatic carbocycles. The SMILES string of the molecule is O=C(CC1CC(F)(F)C1)N[CH]C(F)F. The fourth-order valence-corrected chi connectivity index (χ4v) is 1.41. The quantitative estimate of drug-likeness (QED) is 0.709. The molecule has 1 N–H and O–H groups in total. The summed E-state index contributed by atoms with van der Waals surface area (Å²) in [5.41, 5.74) is 0. The second kappa shape index (κ2) is 4.14. The number of nitrogens with one attached hydrogen (secondary N) is 1. The average molecular weight is 212 g/mol. The molecule has 0 saturated heterocycles. The minimum Gasteiger partial charge on any atom is -0.345 e. The summed E-state index contributed by atoms with van der Waals surface area (Å²) >= 11 is 0. The van der Waals surface area contributed by atoms with Crippen LogP contribution in [-0.4, -0.2) is 18.3 Å². The number of hydrogen-bond acceptors (Lipinski definition) is 1. The Hall–Kier alpha value is -0.810. The van der Waals surface area contributed by atoms with E-state index in [0.29, 0.717) is 6.54 Å². The van der Waals surface area contributed by atoms with Crippen LogP contribution in [0.3, 0.4) is 0 Å². The zero-order valence-corrected chi connectivity index (χ0v) is 7.27. The van der Waals surface area contributed by atoms with E-state index >= 15 is 0 Å². The van der Waals surface area contributed by atoms with Gasteiger partial charge in [-0.2, -0.15) is 0 Å². The molecule has 0 aromatic rings. The molecule has 0 unspecified atom stereocenters. The maximum Gasteiger partial charge on any atom is 0.260 e. The Labute approximate surface area is 78.7 Å². The van der Waals surface area contributed by atoms with Gasteiger partial charge in [-0.1, -0.05) is 0 Å². The highest BCUT2D eigenvalue weighted by atomic mass is 19.3. The molecule has 0 spiro atoms. The average Bonchev–Trinajstić information content (AvgIpc) is 1.97. The van der Waals surface area contributed by atoms with Crippen LogP contribution in [0.4, 0.5) is 17.6 Å². The Kier molecular flexibility index (Phi) is 3.34. The molecular formula is C8H10F4NO. The van der Waals surface area contributed by atoms with Crippen molar-refractivity contribution in [2.24, 2.45) is 5.92 Å². The number of alkyl halides is 4. The molecule has 0 aliphatic heterocycles. The van der Waals surface area contributed by atoms with Crippen molar-refractivity contribution in [3.05, 3.63) is 6.54 Å². The van der Waals surface area contributed by atoms with Crippen LogP contribution in [0.15, 0.2) is 0 Å². The van der Waals surface area contributed by atoms with E-state index in [-0.39, 0.29) is 25.2 Å².